The number of rotatable bonds is 7. The van der Waals surface area contributed by atoms with Crippen molar-refractivity contribution in [3.8, 4) is 0 Å². The molecule has 0 aliphatic carbocycles. The van der Waals surface area contributed by atoms with E-state index in [9.17, 15) is 19.7 Å². The van der Waals surface area contributed by atoms with Crippen LogP contribution in [0.5, 0.6) is 0 Å². The molecule has 8 heteroatoms. The lowest BCUT2D eigenvalue weighted by atomic mass is 10.2. The zero-order chi connectivity index (χ0) is 16.1. The summed E-state index contributed by atoms with van der Waals surface area (Å²) >= 11 is 0. The average Bonchev–Trinajstić information content (AvgIpc) is 2.80. The number of hydrogen-bond acceptors (Lipinski definition) is 5. The summed E-state index contributed by atoms with van der Waals surface area (Å²) in [6.07, 6.45) is 2.30. The number of oxazole rings is 1. The van der Waals surface area contributed by atoms with Gasteiger partial charge in [-0.25, -0.2) is 4.79 Å². The Morgan fingerprint density at radius 2 is 2.27 bits per heavy atom. The van der Waals surface area contributed by atoms with Crippen LogP contribution in [0.3, 0.4) is 0 Å². The van der Waals surface area contributed by atoms with Crippen LogP contribution < -0.4 is 11.1 Å². The standard InChI is InChI=1S/C14H15N3O5/c1-2-7-15-13(18)4-3-8-16-11-6-5-10(17(20)21)9-12(11)22-14(16)19/h2,5-6,9H,1,3-4,7-8H2,(H,15,18). The van der Waals surface area contributed by atoms with Crippen molar-refractivity contribution in [2.45, 2.75) is 19.4 Å². The molecule has 116 valence electrons. The lowest BCUT2D eigenvalue weighted by Gasteiger charge is -2.03. The number of aryl methyl sites for hydroxylation is 1. The van der Waals surface area contributed by atoms with Crippen LogP contribution in [0.4, 0.5) is 5.69 Å². The van der Waals surface area contributed by atoms with E-state index in [0.717, 1.165) is 0 Å². The Balaban J connectivity index is 2.10. The van der Waals surface area contributed by atoms with Gasteiger partial charge in [0.1, 0.15) is 0 Å². The van der Waals surface area contributed by atoms with Gasteiger partial charge >= 0.3 is 5.76 Å². The van der Waals surface area contributed by atoms with E-state index in [4.69, 9.17) is 4.42 Å². The highest BCUT2D eigenvalue weighted by atomic mass is 16.6. The Morgan fingerprint density at radius 1 is 1.50 bits per heavy atom. The lowest BCUT2D eigenvalue weighted by Crippen LogP contribution is -2.23. The van der Waals surface area contributed by atoms with Crippen LogP contribution in [0, 0.1) is 10.1 Å². The summed E-state index contributed by atoms with van der Waals surface area (Å²) in [5.41, 5.74) is 0.495. The summed E-state index contributed by atoms with van der Waals surface area (Å²) in [4.78, 5) is 33.4. The first kappa shape index (κ1) is 15.5. The van der Waals surface area contributed by atoms with Crippen molar-refractivity contribution < 1.29 is 14.1 Å². The number of nitro benzene ring substituents is 1. The number of amides is 1. The minimum Gasteiger partial charge on any atom is -0.407 e. The summed E-state index contributed by atoms with van der Waals surface area (Å²) in [5.74, 6) is -0.724. The number of carbonyl (C=O) groups excluding carboxylic acids is 1. The first-order valence-electron chi connectivity index (χ1n) is 6.68. The summed E-state index contributed by atoms with van der Waals surface area (Å²) in [7, 11) is 0. The molecule has 0 atom stereocenters. The third kappa shape index (κ3) is 3.40. The maximum atomic E-state index is 11.8. The molecule has 0 aliphatic rings. The summed E-state index contributed by atoms with van der Waals surface area (Å²) in [6.45, 7) is 4.19. The zero-order valence-corrected chi connectivity index (χ0v) is 11.8. The van der Waals surface area contributed by atoms with Crippen molar-refractivity contribution in [3.63, 3.8) is 0 Å². The van der Waals surface area contributed by atoms with Crippen molar-refractivity contribution >= 4 is 22.7 Å². The molecule has 1 heterocycles. The summed E-state index contributed by atoms with van der Waals surface area (Å²) in [6, 6.07) is 3.99. The van der Waals surface area contributed by atoms with Gasteiger partial charge in [0.2, 0.25) is 5.91 Å². The number of nitrogens with zero attached hydrogens (tertiary/aromatic N) is 2. The minimum atomic E-state index is -0.595. The molecular weight excluding hydrogens is 290 g/mol. The number of carbonyl (C=O) groups is 1. The number of non-ortho nitro benzene ring substituents is 1. The Hall–Kier alpha value is -2.90. The lowest BCUT2D eigenvalue weighted by molar-refractivity contribution is -0.384. The second kappa shape index (κ2) is 6.70. The normalized spacial score (nSPS) is 10.5. The molecule has 0 fully saturated rings. The van der Waals surface area contributed by atoms with Crippen LogP contribution in [0.1, 0.15) is 12.8 Å². The molecule has 8 nitrogen and oxygen atoms in total. The van der Waals surface area contributed by atoms with E-state index in [2.05, 4.69) is 11.9 Å². The molecule has 1 N–H and O–H groups in total. The summed E-state index contributed by atoms with van der Waals surface area (Å²) in [5, 5.41) is 13.3. The molecule has 0 saturated heterocycles. The van der Waals surface area contributed by atoms with E-state index in [0.29, 0.717) is 25.0 Å². The molecule has 1 amide bonds. The molecule has 0 radical (unpaired) electrons. The van der Waals surface area contributed by atoms with Crippen LogP contribution in [0.15, 0.2) is 40.1 Å². The van der Waals surface area contributed by atoms with Gasteiger partial charge in [0, 0.05) is 25.6 Å². The molecule has 22 heavy (non-hydrogen) atoms. The van der Waals surface area contributed by atoms with E-state index in [1.165, 1.54) is 22.8 Å². The highest BCUT2D eigenvalue weighted by Crippen LogP contribution is 2.20. The third-order valence-electron chi connectivity index (χ3n) is 3.09. The number of aromatic nitrogens is 1. The van der Waals surface area contributed by atoms with Gasteiger partial charge in [0.25, 0.3) is 5.69 Å². The first-order chi connectivity index (χ1) is 10.5. The molecule has 1 aromatic carbocycles. The van der Waals surface area contributed by atoms with Gasteiger partial charge in [0.15, 0.2) is 5.58 Å². The number of fused-ring (bicyclic) bond motifs is 1. The highest BCUT2D eigenvalue weighted by Gasteiger charge is 2.14. The number of hydrogen-bond donors (Lipinski definition) is 1. The topological polar surface area (TPSA) is 107 Å². The molecule has 0 saturated carbocycles. The maximum Gasteiger partial charge on any atom is 0.419 e. The fourth-order valence-corrected chi connectivity index (χ4v) is 2.05. The fourth-order valence-electron chi connectivity index (χ4n) is 2.05. The van der Waals surface area contributed by atoms with Gasteiger partial charge in [-0.05, 0) is 12.5 Å². The molecule has 0 unspecified atom stereocenters. The van der Waals surface area contributed by atoms with Gasteiger partial charge in [-0.2, -0.15) is 0 Å². The molecule has 1 aromatic heterocycles. The largest absolute Gasteiger partial charge is 0.419 e. The van der Waals surface area contributed by atoms with Crippen molar-refractivity contribution in [2.75, 3.05) is 6.54 Å². The number of nitro groups is 1. The van der Waals surface area contributed by atoms with Gasteiger partial charge in [-0.1, -0.05) is 6.08 Å². The SMILES string of the molecule is C=CCNC(=O)CCCn1c(=O)oc2cc([N+](=O)[O-])ccc21. The third-order valence-corrected chi connectivity index (χ3v) is 3.09. The van der Waals surface area contributed by atoms with Crippen molar-refractivity contribution in [3.05, 3.63) is 51.5 Å². The van der Waals surface area contributed by atoms with Crippen LogP contribution in [-0.2, 0) is 11.3 Å². The second-order valence-corrected chi connectivity index (χ2v) is 4.63. The number of benzene rings is 1. The van der Waals surface area contributed by atoms with Crippen molar-refractivity contribution in [1.29, 1.82) is 0 Å². The fraction of sp³-hybridized carbons (Fsp3) is 0.286. The van der Waals surface area contributed by atoms with Crippen LogP contribution >= 0.6 is 0 Å². The van der Waals surface area contributed by atoms with Crippen molar-refractivity contribution in [2.24, 2.45) is 0 Å². The monoisotopic (exact) mass is 305 g/mol. The number of nitrogens with one attached hydrogen (secondary N) is 1. The van der Waals surface area contributed by atoms with Crippen LogP contribution in [0.25, 0.3) is 11.1 Å². The van der Waals surface area contributed by atoms with Crippen molar-refractivity contribution in [1.82, 2.24) is 9.88 Å². The molecular formula is C14H15N3O5. The first-order valence-corrected chi connectivity index (χ1v) is 6.68. The van der Waals surface area contributed by atoms with E-state index < -0.39 is 10.7 Å². The molecule has 0 aliphatic heterocycles. The maximum absolute atomic E-state index is 11.8. The predicted molar refractivity (Wildman–Crippen MR) is 79.6 cm³/mol. The average molecular weight is 305 g/mol. The van der Waals surface area contributed by atoms with E-state index in [1.807, 2.05) is 0 Å². The van der Waals surface area contributed by atoms with E-state index >= 15 is 0 Å². The van der Waals surface area contributed by atoms with E-state index in [-0.39, 0.29) is 23.6 Å². The molecule has 0 spiro atoms. The molecule has 2 rings (SSSR count). The zero-order valence-electron chi connectivity index (χ0n) is 11.8. The van der Waals surface area contributed by atoms with Gasteiger partial charge in [-0.3, -0.25) is 19.5 Å². The highest BCUT2D eigenvalue weighted by molar-refractivity contribution is 5.76. The molecule has 0 bridgehead atoms. The Kier molecular flexibility index (Phi) is 4.72. The minimum absolute atomic E-state index is 0.128. The van der Waals surface area contributed by atoms with Crippen LogP contribution in [-0.4, -0.2) is 21.9 Å². The van der Waals surface area contributed by atoms with Crippen LogP contribution in [0.2, 0.25) is 0 Å². The smallest absolute Gasteiger partial charge is 0.407 e. The van der Waals surface area contributed by atoms with Gasteiger partial charge in [-0.15, -0.1) is 6.58 Å². The Morgan fingerprint density at radius 3 is 2.95 bits per heavy atom. The molecule has 2 aromatic rings. The predicted octanol–water partition coefficient (Wildman–Crippen LogP) is 1.59. The Bertz CT molecular complexity index is 774. The summed E-state index contributed by atoms with van der Waals surface area (Å²) < 4.78 is 6.36. The quantitative estimate of drug-likeness (QED) is 0.475. The van der Waals surface area contributed by atoms with Gasteiger partial charge < -0.3 is 9.73 Å². The van der Waals surface area contributed by atoms with Gasteiger partial charge in [0.05, 0.1) is 16.5 Å². The Labute approximate surface area is 125 Å². The second-order valence-electron chi connectivity index (χ2n) is 4.63. The van der Waals surface area contributed by atoms with E-state index in [1.54, 1.807) is 6.08 Å².